The van der Waals surface area contributed by atoms with Crippen molar-refractivity contribution in [2.24, 2.45) is 5.92 Å². The van der Waals surface area contributed by atoms with E-state index in [9.17, 15) is 0 Å². The Labute approximate surface area is 103 Å². The van der Waals surface area contributed by atoms with Crippen molar-refractivity contribution >= 4 is 11.3 Å². The second kappa shape index (κ2) is 6.41. The van der Waals surface area contributed by atoms with Crippen molar-refractivity contribution < 1.29 is 0 Å². The average molecular weight is 237 g/mol. The zero-order valence-electron chi connectivity index (χ0n) is 10.2. The lowest BCUT2D eigenvalue weighted by Crippen LogP contribution is -2.27. The lowest BCUT2D eigenvalue weighted by molar-refractivity contribution is 0.340. The Morgan fingerprint density at radius 2 is 2.19 bits per heavy atom. The average Bonchev–Trinajstić information content (AvgIpc) is 2.84. The molecule has 0 aliphatic heterocycles. The molecule has 1 nitrogen and oxygen atoms in total. The quantitative estimate of drug-likeness (QED) is 0.815. The van der Waals surface area contributed by atoms with Crippen LogP contribution >= 0.6 is 11.3 Å². The molecule has 1 atom stereocenters. The van der Waals surface area contributed by atoms with Crippen LogP contribution in [0.3, 0.4) is 0 Å². The van der Waals surface area contributed by atoms with Crippen molar-refractivity contribution in [2.45, 2.75) is 44.9 Å². The first-order chi connectivity index (χ1) is 7.86. The molecule has 0 aromatic carbocycles. The van der Waals surface area contributed by atoms with Crippen LogP contribution < -0.4 is 5.32 Å². The lowest BCUT2D eigenvalue weighted by atomic mass is 9.89. The molecule has 0 radical (unpaired) electrons. The van der Waals surface area contributed by atoms with Crippen molar-refractivity contribution in [3.8, 4) is 0 Å². The molecule has 2 heteroatoms. The van der Waals surface area contributed by atoms with Gasteiger partial charge in [-0.2, -0.15) is 0 Å². The van der Waals surface area contributed by atoms with Gasteiger partial charge in [0.1, 0.15) is 0 Å². The van der Waals surface area contributed by atoms with E-state index in [1.807, 2.05) is 11.3 Å². The SMILES string of the molecule is CC(CNCC1CCCCC1)c1cccs1. The highest BCUT2D eigenvalue weighted by Crippen LogP contribution is 2.23. The van der Waals surface area contributed by atoms with Gasteiger partial charge in [0.25, 0.3) is 0 Å². The van der Waals surface area contributed by atoms with Gasteiger partial charge in [-0.15, -0.1) is 11.3 Å². The molecule has 1 N–H and O–H groups in total. The van der Waals surface area contributed by atoms with E-state index >= 15 is 0 Å². The highest BCUT2D eigenvalue weighted by Gasteiger charge is 2.13. The predicted molar refractivity (Wildman–Crippen MR) is 72.2 cm³/mol. The molecule has 1 unspecified atom stereocenters. The standard InChI is InChI=1S/C14H23NS/c1-12(14-8-5-9-16-14)10-15-11-13-6-3-2-4-7-13/h5,8-9,12-13,15H,2-4,6-7,10-11H2,1H3. The van der Waals surface area contributed by atoms with Gasteiger partial charge in [0.2, 0.25) is 0 Å². The summed E-state index contributed by atoms with van der Waals surface area (Å²) in [6, 6.07) is 4.40. The Hall–Kier alpha value is -0.340. The molecule has 0 saturated heterocycles. The number of thiophene rings is 1. The molecule has 0 bridgehead atoms. The molecule has 0 amide bonds. The fourth-order valence-electron chi connectivity index (χ4n) is 2.57. The molecule has 16 heavy (non-hydrogen) atoms. The van der Waals surface area contributed by atoms with Crippen molar-refractivity contribution in [1.29, 1.82) is 0 Å². The van der Waals surface area contributed by atoms with Crippen molar-refractivity contribution in [2.75, 3.05) is 13.1 Å². The van der Waals surface area contributed by atoms with E-state index in [2.05, 4.69) is 29.8 Å². The van der Waals surface area contributed by atoms with Crippen LogP contribution in [0.4, 0.5) is 0 Å². The zero-order chi connectivity index (χ0) is 11.2. The van der Waals surface area contributed by atoms with Crippen LogP contribution in [0.25, 0.3) is 0 Å². The highest BCUT2D eigenvalue weighted by molar-refractivity contribution is 7.10. The van der Waals surface area contributed by atoms with Gasteiger partial charge in [-0.25, -0.2) is 0 Å². The van der Waals surface area contributed by atoms with Crippen LogP contribution in [-0.2, 0) is 0 Å². The molecule has 1 saturated carbocycles. The summed E-state index contributed by atoms with van der Waals surface area (Å²) in [4.78, 5) is 1.51. The van der Waals surface area contributed by atoms with Crippen LogP contribution in [0.5, 0.6) is 0 Å². The predicted octanol–water partition coefficient (Wildman–Crippen LogP) is 4.02. The minimum atomic E-state index is 0.670. The Morgan fingerprint density at radius 3 is 2.88 bits per heavy atom. The van der Waals surface area contributed by atoms with Gasteiger partial charge >= 0.3 is 0 Å². The number of hydrogen-bond donors (Lipinski definition) is 1. The summed E-state index contributed by atoms with van der Waals surface area (Å²) >= 11 is 1.88. The van der Waals surface area contributed by atoms with Crippen molar-refractivity contribution in [3.63, 3.8) is 0 Å². The monoisotopic (exact) mass is 237 g/mol. The molecule has 90 valence electrons. The maximum Gasteiger partial charge on any atom is 0.00860 e. The minimum Gasteiger partial charge on any atom is -0.316 e. The molecule has 1 aliphatic rings. The molecular weight excluding hydrogens is 214 g/mol. The third-order valence-corrected chi connectivity index (χ3v) is 4.74. The van der Waals surface area contributed by atoms with Crippen LogP contribution in [-0.4, -0.2) is 13.1 Å². The van der Waals surface area contributed by atoms with E-state index in [-0.39, 0.29) is 0 Å². The Morgan fingerprint density at radius 1 is 1.38 bits per heavy atom. The van der Waals surface area contributed by atoms with Crippen LogP contribution in [0.1, 0.15) is 49.8 Å². The van der Waals surface area contributed by atoms with Gasteiger partial charge in [-0.3, -0.25) is 0 Å². The third-order valence-electron chi connectivity index (χ3n) is 3.64. The second-order valence-electron chi connectivity index (χ2n) is 5.08. The van der Waals surface area contributed by atoms with Gasteiger partial charge in [0, 0.05) is 17.3 Å². The summed E-state index contributed by atoms with van der Waals surface area (Å²) in [6.07, 6.45) is 7.25. The molecule has 1 fully saturated rings. The van der Waals surface area contributed by atoms with Crippen molar-refractivity contribution in [1.82, 2.24) is 5.32 Å². The van der Waals surface area contributed by atoms with Gasteiger partial charge in [-0.05, 0) is 36.8 Å². The Kier molecular flexibility index (Phi) is 4.86. The van der Waals surface area contributed by atoms with E-state index in [1.54, 1.807) is 0 Å². The summed E-state index contributed by atoms with van der Waals surface area (Å²) in [5, 5.41) is 5.82. The van der Waals surface area contributed by atoms with E-state index in [1.165, 1.54) is 43.5 Å². The largest absolute Gasteiger partial charge is 0.316 e. The first-order valence-corrected chi connectivity index (χ1v) is 7.48. The molecule has 0 spiro atoms. The van der Waals surface area contributed by atoms with E-state index in [0.717, 1.165) is 12.5 Å². The van der Waals surface area contributed by atoms with Gasteiger partial charge < -0.3 is 5.32 Å². The van der Waals surface area contributed by atoms with Gasteiger partial charge in [0.15, 0.2) is 0 Å². The van der Waals surface area contributed by atoms with E-state index in [0.29, 0.717) is 5.92 Å². The van der Waals surface area contributed by atoms with Crippen LogP contribution in [0, 0.1) is 5.92 Å². The lowest BCUT2D eigenvalue weighted by Gasteiger charge is -2.22. The first-order valence-electron chi connectivity index (χ1n) is 6.60. The molecule has 2 rings (SSSR count). The summed E-state index contributed by atoms with van der Waals surface area (Å²) in [7, 11) is 0. The summed E-state index contributed by atoms with van der Waals surface area (Å²) < 4.78 is 0. The molecule has 1 heterocycles. The number of rotatable bonds is 5. The fourth-order valence-corrected chi connectivity index (χ4v) is 3.35. The smallest absolute Gasteiger partial charge is 0.00860 e. The molecule has 1 aromatic rings. The summed E-state index contributed by atoms with van der Waals surface area (Å²) in [5.74, 6) is 1.62. The first kappa shape index (κ1) is 12.1. The fraction of sp³-hybridized carbons (Fsp3) is 0.714. The maximum absolute atomic E-state index is 3.65. The summed E-state index contributed by atoms with van der Waals surface area (Å²) in [6.45, 7) is 4.69. The molecule has 1 aliphatic carbocycles. The van der Waals surface area contributed by atoms with E-state index < -0.39 is 0 Å². The maximum atomic E-state index is 3.65. The van der Waals surface area contributed by atoms with Gasteiger partial charge in [-0.1, -0.05) is 32.3 Å². The summed E-state index contributed by atoms with van der Waals surface area (Å²) in [5.41, 5.74) is 0. The normalized spacial score (nSPS) is 19.8. The Balaban J connectivity index is 1.63. The second-order valence-corrected chi connectivity index (χ2v) is 6.06. The van der Waals surface area contributed by atoms with Gasteiger partial charge in [0.05, 0.1) is 0 Å². The number of hydrogen-bond acceptors (Lipinski definition) is 2. The zero-order valence-corrected chi connectivity index (χ0v) is 11.1. The molecule has 1 aromatic heterocycles. The third kappa shape index (κ3) is 3.60. The Bertz CT molecular complexity index is 275. The van der Waals surface area contributed by atoms with Crippen LogP contribution in [0.15, 0.2) is 17.5 Å². The van der Waals surface area contributed by atoms with Crippen molar-refractivity contribution in [3.05, 3.63) is 22.4 Å². The topological polar surface area (TPSA) is 12.0 Å². The number of nitrogens with one attached hydrogen (secondary N) is 1. The minimum absolute atomic E-state index is 0.670. The molecular formula is C14H23NS. The van der Waals surface area contributed by atoms with E-state index in [4.69, 9.17) is 0 Å². The van der Waals surface area contributed by atoms with Crippen LogP contribution in [0.2, 0.25) is 0 Å². The highest BCUT2D eigenvalue weighted by atomic mass is 32.1.